The summed E-state index contributed by atoms with van der Waals surface area (Å²) < 4.78 is 19.3. The van der Waals surface area contributed by atoms with Gasteiger partial charge in [0, 0.05) is 17.5 Å². The summed E-state index contributed by atoms with van der Waals surface area (Å²) in [5.74, 6) is -1.10. The van der Waals surface area contributed by atoms with E-state index in [1.54, 1.807) is 19.1 Å². The Balaban J connectivity index is 2.04. The monoisotopic (exact) mass is 400 g/mol. The van der Waals surface area contributed by atoms with Crippen LogP contribution >= 0.6 is 0 Å². The minimum atomic E-state index is -0.854. The van der Waals surface area contributed by atoms with Crippen LogP contribution in [-0.4, -0.2) is 24.3 Å². The molecule has 5 heteroatoms. The Labute approximate surface area is 175 Å². The average molecular weight is 400 g/mol. The van der Waals surface area contributed by atoms with Gasteiger partial charge in [0.1, 0.15) is 11.9 Å². The van der Waals surface area contributed by atoms with Crippen LogP contribution in [-0.2, 0) is 16.0 Å². The number of nitrogens with zero attached hydrogens (tertiary/aromatic N) is 2. The summed E-state index contributed by atoms with van der Waals surface area (Å²) in [6.07, 6.45) is 0.157. The van der Waals surface area contributed by atoms with E-state index in [0.29, 0.717) is 11.3 Å². The summed E-state index contributed by atoms with van der Waals surface area (Å²) in [7, 11) is 0. The highest BCUT2D eigenvalue weighted by Crippen LogP contribution is 2.17. The third-order valence-corrected chi connectivity index (χ3v) is 4.52. The second-order valence-corrected chi connectivity index (χ2v) is 6.61. The van der Waals surface area contributed by atoms with Crippen LogP contribution in [0.15, 0.2) is 83.9 Å². The molecule has 0 saturated heterocycles. The molecule has 4 nitrogen and oxygen atoms in total. The van der Waals surface area contributed by atoms with Gasteiger partial charge in [-0.05, 0) is 24.6 Å². The van der Waals surface area contributed by atoms with E-state index in [1.165, 1.54) is 12.1 Å². The van der Waals surface area contributed by atoms with Gasteiger partial charge in [-0.25, -0.2) is 9.18 Å². The number of hydrogen-bond donors (Lipinski definition) is 0. The van der Waals surface area contributed by atoms with Gasteiger partial charge in [0.05, 0.1) is 17.9 Å². The number of esters is 1. The number of carbonyl (C=O) groups is 1. The average Bonchev–Trinajstić information content (AvgIpc) is 2.78. The SMILES string of the molecule is CCOC(=O)C(Cc1ccc(C#N)c(F)c1)N=C(c1ccccc1)c1ccccc1. The van der Waals surface area contributed by atoms with Gasteiger partial charge < -0.3 is 4.74 Å². The lowest BCUT2D eigenvalue weighted by molar-refractivity contribution is -0.144. The third kappa shape index (κ3) is 5.18. The van der Waals surface area contributed by atoms with Crippen molar-refractivity contribution in [1.29, 1.82) is 5.26 Å². The lowest BCUT2D eigenvalue weighted by Gasteiger charge is -2.15. The Kier molecular flexibility index (Phi) is 7.07. The molecule has 3 rings (SSSR count). The summed E-state index contributed by atoms with van der Waals surface area (Å²) in [5, 5.41) is 8.93. The first kappa shape index (κ1) is 20.9. The topological polar surface area (TPSA) is 62.5 Å². The van der Waals surface area contributed by atoms with Crippen molar-refractivity contribution in [2.24, 2.45) is 4.99 Å². The molecule has 0 saturated carbocycles. The van der Waals surface area contributed by atoms with Crippen molar-refractivity contribution in [3.63, 3.8) is 0 Å². The maximum atomic E-state index is 14.1. The number of aliphatic imine (C=N–C) groups is 1. The van der Waals surface area contributed by atoms with E-state index in [4.69, 9.17) is 15.0 Å². The fourth-order valence-electron chi connectivity index (χ4n) is 3.08. The Morgan fingerprint density at radius 1 is 1.03 bits per heavy atom. The van der Waals surface area contributed by atoms with E-state index in [1.807, 2.05) is 60.7 Å². The molecule has 0 spiro atoms. The van der Waals surface area contributed by atoms with Gasteiger partial charge >= 0.3 is 5.97 Å². The Morgan fingerprint density at radius 2 is 1.63 bits per heavy atom. The minimum absolute atomic E-state index is 0.0378. The van der Waals surface area contributed by atoms with Crippen LogP contribution < -0.4 is 0 Å². The zero-order valence-corrected chi connectivity index (χ0v) is 16.6. The smallest absolute Gasteiger partial charge is 0.331 e. The Morgan fingerprint density at radius 3 is 2.13 bits per heavy atom. The highest BCUT2D eigenvalue weighted by atomic mass is 19.1. The summed E-state index contributed by atoms with van der Waals surface area (Å²) >= 11 is 0. The molecular formula is C25H21FN2O2. The lowest BCUT2D eigenvalue weighted by Crippen LogP contribution is -2.26. The Hall–Kier alpha value is -3.78. The number of hydrogen-bond acceptors (Lipinski definition) is 4. The molecule has 3 aromatic carbocycles. The van der Waals surface area contributed by atoms with Crippen molar-refractivity contribution < 1.29 is 13.9 Å². The number of carbonyl (C=O) groups excluding carboxylic acids is 1. The van der Waals surface area contributed by atoms with Crippen molar-refractivity contribution in [1.82, 2.24) is 0 Å². The molecule has 0 aromatic heterocycles. The molecular weight excluding hydrogens is 379 g/mol. The molecule has 1 atom stereocenters. The van der Waals surface area contributed by atoms with Crippen molar-refractivity contribution in [2.75, 3.05) is 6.61 Å². The van der Waals surface area contributed by atoms with Crippen LogP contribution in [0.25, 0.3) is 0 Å². The van der Waals surface area contributed by atoms with Crippen LogP contribution in [0.1, 0.15) is 29.2 Å². The van der Waals surface area contributed by atoms with Crippen molar-refractivity contribution in [2.45, 2.75) is 19.4 Å². The van der Waals surface area contributed by atoms with Crippen LogP contribution in [0.5, 0.6) is 0 Å². The van der Waals surface area contributed by atoms with Crippen LogP contribution in [0.2, 0.25) is 0 Å². The van der Waals surface area contributed by atoms with Crippen LogP contribution in [0.4, 0.5) is 4.39 Å². The molecule has 0 aliphatic carbocycles. The summed E-state index contributed by atoms with van der Waals surface area (Å²) in [4.78, 5) is 17.4. The molecule has 0 aliphatic heterocycles. The van der Waals surface area contributed by atoms with Gasteiger partial charge in [0.25, 0.3) is 0 Å². The number of nitriles is 1. The van der Waals surface area contributed by atoms with Gasteiger partial charge in [0.15, 0.2) is 6.04 Å². The first-order valence-corrected chi connectivity index (χ1v) is 9.66. The zero-order chi connectivity index (χ0) is 21.3. The molecule has 3 aromatic rings. The lowest BCUT2D eigenvalue weighted by atomic mass is 10.00. The molecule has 0 aliphatic rings. The number of benzene rings is 3. The molecule has 0 heterocycles. The number of rotatable bonds is 7. The van der Waals surface area contributed by atoms with Crippen LogP contribution in [0, 0.1) is 17.1 Å². The van der Waals surface area contributed by atoms with E-state index in [9.17, 15) is 9.18 Å². The van der Waals surface area contributed by atoms with Gasteiger partial charge in [-0.3, -0.25) is 4.99 Å². The number of halogens is 1. The normalized spacial score (nSPS) is 11.2. The Bertz CT molecular complexity index is 1030. The van der Waals surface area contributed by atoms with E-state index in [0.717, 1.165) is 11.1 Å². The van der Waals surface area contributed by atoms with E-state index < -0.39 is 17.8 Å². The first-order valence-electron chi connectivity index (χ1n) is 9.66. The quantitative estimate of drug-likeness (QED) is 0.426. The number of ether oxygens (including phenoxy) is 1. The second kappa shape index (κ2) is 10.1. The fraction of sp³-hybridized carbons (Fsp3) is 0.160. The standard InChI is InChI=1S/C25H21FN2O2/c1-2-30-25(29)23(16-18-13-14-21(17-27)22(26)15-18)28-24(19-9-5-3-6-10-19)20-11-7-4-8-12-20/h3-15,23H,2,16H2,1H3. The molecule has 0 radical (unpaired) electrons. The van der Waals surface area contributed by atoms with Crippen LogP contribution in [0.3, 0.4) is 0 Å². The second-order valence-electron chi connectivity index (χ2n) is 6.61. The van der Waals surface area contributed by atoms with Crippen molar-refractivity contribution in [3.05, 3.63) is 107 Å². The zero-order valence-electron chi connectivity index (χ0n) is 16.6. The molecule has 0 bridgehead atoms. The fourth-order valence-corrected chi connectivity index (χ4v) is 3.08. The summed E-state index contributed by atoms with van der Waals surface area (Å²) in [6.45, 7) is 1.95. The maximum absolute atomic E-state index is 14.1. The molecule has 30 heavy (non-hydrogen) atoms. The molecule has 150 valence electrons. The molecule has 1 unspecified atom stereocenters. The van der Waals surface area contributed by atoms with Gasteiger partial charge in [0.2, 0.25) is 0 Å². The third-order valence-electron chi connectivity index (χ3n) is 4.52. The van der Waals surface area contributed by atoms with Crippen molar-refractivity contribution >= 4 is 11.7 Å². The molecule has 0 fully saturated rings. The highest BCUT2D eigenvalue weighted by Gasteiger charge is 2.22. The maximum Gasteiger partial charge on any atom is 0.331 e. The predicted molar refractivity (Wildman–Crippen MR) is 114 cm³/mol. The summed E-state index contributed by atoms with van der Waals surface area (Å²) in [5.41, 5.74) is 2.91. The van der Waals surface area contributed by atoms with E-state index in [-0.39, 0.29) is 18.6 Å². The largest absolute Gasteiger partial charge is 0.464 e. The van der Waals surface area contributed by atoms with Crippen molar-refractivity contribution in [3.8, 4) is 6.07 Å². The highest BCUT2D eigenvalue weighted by molar-refractivity contribution is 6.13. The van der Waals surface area contributed by atoms with E-state index >= 15 is 0 Å². The van der Waals surface area contributed by atoms with Gasteiger partial charge in [-0.1, -0.05) is 66.7 Å². The van der Waals surface area contributed by atoms with E-state index in [2.05, 4.69) is 0 Å². The first-order chi connectivity index (χ1) is 14.6. The minimum Gasteiger partial charge on any atom is -0.464 e. The molecule has 0 amide bonds. The van der Waals surface area contributed by atoms with Gasteiger partial charge in [-0.15, -0.1) is 0 Å². The molecule has 0 N–H and O–H groups in total. The predicted octanol–water partition coefficient (Wildman–Crippen LogP) is 4.71. The summed E-state index contributed by atoms with van der Waals surface area (Å²) in [6, 6.07) is 24.4. The van der Waals surface area contributed by atoms with Gasteiger partial charge in [-0.2, -0.15) is 5.26 Å².